The molecule has 0 atom stereocenters. The summed E-state index contributed by atoms with van der Waals surface area (Å²) in [5, 5.41) is 23.1. The van der Waals surface area contributed by atoms with Crippen molar-refractivity contribution in [2.75, 3.05) is 0 Å². The molecule has 5 nitrogen and oxygen atoms in total. The Bertz CT molecular complexity index is 919. The molecule has 128 valence electrons. The molecule has 0 bridgehead atoms. The van der Waals surface area contributed by atoms with Crippen molar-refractivity contribution < 1.29 is 18.7 Å². The van der Waals surface area contributed by atoms with Crippen molar-refractivity contribution in [1.82, 2.24) is 9.78 Å². The number of aromatic carboxylic acids is 1. The zero-order valence-electron chi connectivity index (χ0n) is 13.3. The van der Waals surface area contributed by atoms with Gasteiger partial charge in [-0.2, -0.15) is 10.4 Å². The third kappa shape index (κ3) is 2.68. The predicted octanol–water partition coefficient (Wildman–Crippen LogP) is 3.26. The lowest BCUT2D eigenvalue weighted by Gasteiger charge is -2.34. The fraction of sp³-hybridized carbons (Fsp3) is 0.389. The average Bonchev–Trinajstić information content (AvgIpc) is 2.94. The molecule has 0 unspecified atom stereocenters. The lowest BCUT2D eigenvalue weighted by atomic mass is 9.81. The van der Waals surface area contributed by atoms with E-state index in [1.54, 1.807) is 10.7 Å². The van der Waals surface area contributed by atoms with Gasteiger partial charge in [-0.25, -0.2) is 13.6 Å². The summed E-state index contributed by atoms with van der Waals surface area (Å²) < 4.78 is 27.7. The van der Waals surface area contributed by atoms with Crippen molar-refractivity contribution in [2.45, 2.75) is 38.2 Å². The lowest BCUT2D eigenvalue weighted by Crippen LogP contribution is -2.37. The molecule has 2 aliphatic rings. The van der Waals surface area contributed by atoms with Crippen LogP contribution >= 0.6 is 0 Å². The van der Waals surface area contributed by atoms with Crippen LogP contribution in [0.3, 0.4) is 0 Å². The molecular formula is C18H15F2N3O2. The normalized spacial score (nSPS) is 18.0. The molecule has 1 fully saturated rings. The predicted molar refractivity (Wildman–Crippen MR) is 84.4 cm³/mol. The molecule has 0 aliphatic heterocycles. The number of carboxylic acids is 1. The van der Waals surface area contributed by atoms with E-state index in [1.165, 1.54) is 6.07 Å². The number of nitriles is 1. The molecule has 25 heavy (non-hydrogen) atoms. The van der Waals surface area contributed by atoms with Gasteiger partial charge in [-0.3, -0.25) is 4.68 Å². The number of hydrogen-bond donors (Lipinski definition) is 1. The van der Waals surface area contributed by atoms with Crippen molar-refractivity contribution in [3.63, 3.8) is 0 Å². The largest absolute Gasteiger partial charge is 0.478 e. The molecule has 1 aromatic carbocycles. The summed E-state index contributed by atoms with van der Waals surface area (Å²) in [5.41, 5.74) is 3.49. The van der Waals surface area contributed by atoms with Gasteiger partial charge in [0.25, 0.3) is 0 Å². The highest BCUT2D eigenvalue weighted by molar-refractivity contribution is 5.90. The first-order valence-electron chi connectivity index (χ1n) is 8.11. The molecule has 0 spiro atoms. The van der Waals surface area contributed by atoms with Crippen molar-refractivity contribution in [2.24, 2.45) is 5.92 Å². The molecule has 1 heterocycles. The van der Waals surface area contributed by atoms with Crippen molar-refractivity contribution in [3.05, 3.63) is 40.6 Å². The second-order valence-electron chi connectivity index (χ2n) is 6.83. The topological polar surface area (TPSA) is 78.9 Å². The van der Waals surface area contributed by atoms with Crippen LogP contribution in [0.15, 0.2) is 18.3 Å². The van der Waals surface area contributed by atoms with Gasteiger partial charge in [-0.15, -0.1) is 0 Å². The SMILES string of the molecule is N#Cc1cc(C(=O)O)cc2c1-c1nn(CC3CC(F)(F)C3)cc1CC2. The van der Waals surface area contributed by atoms with E-state index < -0.39 is 11.9 Å². The van der Waals surface area contributed by atoms with E-state index in [1.807, 2.05) is 6.20 Å². The molecule has 0 saturated heterocycles. The number of rotatable bonds is 3. The van der Waals surface area contributed by atoms with Gasteiger partial charge in [-0.1, -0.05) is 0 Å². The van der Waals surface area contributed by atoms with Gasteiger partial charge in [0, 0.05) is 31.1 Å². The second-order valence-corrected chi connectivity index (χ2v) is 6.83. The molecule has 1 N–H and O–H groups in total. The molecule has 4 rings (SSSR count). The van der Waals surface area contributed by atoms with Crippen LogP contribution < -0.4 is 0 Å². The van der Waals surface area contributed by atoms with Crippen LogP contribution in [0.1, 0.15) is 39.9 Å². The molecule has 2 aromatic rings. The highest BCUT2D eigenvalue weighted by Gasteiger charge is 2.45. The number of nitrogens with zero attached hydrogens (tertiary/aromatic N) is 3. The van der Waals surface area contributed by atoms with Crippen LogP contribution in [0.5, 0.6) is 0 Å². The van der Waals surface area contributed by atoms with Crippen molar-refractivity contribution in [1.29, 1.82) is 5.26 Å². The lowest BCUT2D eigenvalue weighted by molar-refractivity contribution is -0.114. The molecule has 0 amide bonds. The smallest absolute Gasteiger partial charge is 0.335 e. The van der Waals surface area contributed by atoms with Crippen LogP contribution in [-0.4, -0.2) is 26.8 Å². The zero-order chi connectivity index (χ0) is 17.8. The minimum absolute atomic E-state index is 0.0827. The summed E-state index contributed by atoms with van der Waals surface area (Å²) >= 11 is 0. The van der Waals surface area contributed by atoms with Gasteiger partial charge < -0.3 is 5.11 Å². The summed E-state index contributed by atoms with van der Waals surface area (Å²) in [4.78, 5) is 11.2. The summed E-state index contributed by atoms with van der Waals surface area (Å²) in [6, 6.07) is 5.02. The number of aromatic nitrogens is 2. The molecule has 1 aromatic heterocycles. The van der Waals surface area contributed by atoms with Crippen molar-refractivity contribution >= 4 is 5.97 Å². The van der Waals surface area contributed by atoms with Crippen LogP contribution in [0.4, 0.5) is 8.78 Å². The Morgan fingerprint density at radius 1 is 1.36 bits per heavy atom. The van der Waals surface area contributed by atoms with E-state index in [0.717, 1.165) is 11.1 Å². The quantitative estimate of drug-likeness (QED) is 0.928. The maximum Gasteiger partial charge on any atom is 0.335 e. The van der Waals surface area contributed by atoms with Gasteiger partial charge in [0.05, 0.1) is 22.9 Å². The van der Waals surface area contributed by atoms with Crippen LogP contribution in [-0.2, 0) is 19.4 Å². The summed E-state index contributed by atoms with van der Waals surface area (Å²) in [5.74, 6) is -3.70. The molecule has 2 aliphatic carbocycles. The number of halogens is 2. The van der Waals surface area contributed by atoms with Crippen molar-refractivity contribution in [3.8, 4) is 17.3 Å². The maximum absolute atomic E-state index is 13.0. The summed E-state index contributed by atoms with van der Waals surface area (Å²) in [6.45, 7) is 0.438. The first-order valence-corrected chi connectivity index (χ1v) is 8.11. The van der Waals surface area contributed by atoms with E-state index in [9.17, 15) is 23.9 Å². The summed E-state index contributed by atoms with van der Waals surface area (Å²) in [7, 11) is 0. The van der Waals surface area contributed by atoms with Gasteiger partial charge in [0.2, 0.25) is 5.92 Å². The van der Waals surface area contributed by atoms with E-state index in [4.69, 9.17) is 0 Å². The molecule has 0 radical (unpaired) electrons. The molecule has 1 saturated carbocycles. The van der Waals surface area contributed by atoms with Crippen LogP contribution in [0.25, 0.3) is 11.3 Å². The fourth-order valence-electron chi connectivity index (χ4n) is 3.79. The Balaban J connectivity index is 1.70. The van der Waals surface area contributed by atoms with E-state index in [-0.39, 0.29) is 29.9 Å². The van der Waals surface area contributed by atoms with Gasteiger partial charge >= 0.3 is 5.97 Å². The summed E-state index contributed by atoms with van der Waals surface area (Å²) in [6.07, 6.45) is 2.96. The minimum Gasteiger partial charge on any atom is -0.478 e. The fourth-order valence-corrected chi connectivity index (χ4v) is 3.79. The van der Waals surface area contributed by atoms with Gasteiger partial charge in [-0.05, 0) is 42.0 Å². The Hall–Kier alpha value is -2.75. The Morgan fingerprint density at radius 2 is 2.08 bits per heavy atom. The number of aryl methyl sites for hydroxylation is 2. The van der Waals surface area contributed by atoms with Crippen LogP contribution in [0, 0.1) is 17.2 Å². The van der Waals surface area contributed by atoms with Crippen LogP contribution in [0.2, 0.25) is 0 Å². The number of benzene rings is 1. The number of fused-ring (bicyclic) bond motifs is 3. The monoisotopic (exact) mass is 343 g/mol. The number of alkyl halides is 2. The Kier molecular flexibility index (Phi) is 3.39. The minimum atomic E-state index is -2.55. The Labute approximate surface area is 142 Å². The van der Waals surface area contributed by atoms with E-state index >= 15 is 0 Å². The highest BCUT2D eigenvalue weighted by atomic mass is 19.3. The number of carbonyl (C=O) groups is 1. The third-order valence-electron chi connectivity index (χ3n) is 4.95. The molecular weight excluding hydrogens is 328 g/mol. The molecule has 7 heteroatoms. The van der Waals surface area contributed by atoms with E-state index in [2.05, 4.69) is 11.2 Å². The zero-order valence-corrected chi connectivity index (χ0v) is 13.3. The average molecular weight is 343 g/mol. The second kappa shape index (κ2) is 5.38. The standard InChI is InChI=1S/C18H15F2N3O2/c19-18(20)5-10(6-18)8-23-9-12-2-1-11-3-13(17(24)25)4-14(7-21)15(11)16(12)22-23/h3-4,9-10H,1-2,5-6,8H2,(H,24,25). The first-order chi connectivity index (χ1) is 11.9. The number of carboxylic acid groups (broad SMARTS) is 1. The Morgan fingerprint density at radius 3 is 2.72 bits per heavy atom. The third-order valence-corrected chi connectivity index (χ3v) is 4.95. The van der Waals surface area contributed by atoms with Gasteiger partial charge in [0.15, 0.2) is 0 Å². The number of hydrogen-bond acceptors (Lipinski definition) is 3. The van der Waals surface area contributed by atoms with E-state index in [0.29, 0.717) is 30.6 Å². The highest BCUT2D eigenvalue weighted by Crippen LogP contribution is 2.43. The first kappa shape index (κ1) is 15.8. The van der Waals surface area contributed by atoms with Gasteiger partial charge in [0.1, 0.15) is 0 Å². The maximum atomic E-state index is 13.0.